The highest BCUT2D eigenvalue weighted by Gasteiger charge is 2.26. The lowest BCUT2D eigenvalue weighted by molar-refractivity contribution is 0.0744. The number of carbonyl (C=O) groups excluding carboxylic acids is 1. The van der Waals surface area contributed by atoms with E-state index in [4.69, 9.17) is 4.74 Å². The van der Waals surface area contributed by atoms with Crippen LogP contribution in [0.1, 0.15) is 10.4 Å². The number of halogens is 1. The predicted octanol–water partition coefficient (Wildman–Crippen LogP) is 3.53. The summed E-state index contributed by atoms with van der Waals surface area (Å²) < 4.78 is 20.9. The topological polar surface area (TPSA) is 67.2 Å². The lowest BCUT2D eigenvalue weighted by atomic mass is 10.1. The number of ether oxygens (including phenoxy) is 1. The van der Waals surface area contributed by atoms with Crippen LogP contribution < -0.4 is 15.2 Å². The fraction of sp³-hybridized carbons (Fsp3) is 0.208. The summed E-state index contributed by atoms with van der Waals surface area (Å²) in [5, 5.41) is 1.85. The third-order valence-corrected chi connectivity index (χ3v) is 6.64. The highest BCUT2D eigenvalue weighted by atomic mass is 32.1. The molecular weight excluding hydrogens is 443 g/mol. The average Bonchev–Trinajstić information content (AvgIpc) is 3.30. The van der Waals surface area contributed by atoms with Crippen molar-refractivity contribution in [2.45, 2.75) is 0 Å². The van der Waals surface area contributed by atoms with E-state index in [9.17, 15) is 14.0 Å². The number of benzene rings is 2. The molecule has 0 saturated carbocycles. The maximum Gasteiger partial charge on any atom is 0.271 e. The number of para-hydroxylation sites is 1. The summed E-state index contributed by atoms with van der Waals surface area (Å²) in [5.74, 6) is 0.0263. The van der Waals surface area contributed by atoms with Crippen molar-refractivity contribution in [3.8, 4) is 17.0 Å². The van der Waals surface area contributed by atoms with E-state index >= 15 is 0 Å². The first-order chi connectivity index (χ1) is 16.1. The van der Waals surface area contributed by atoms with E-state index < -0.39 is 5.56 Å². The molecule has 0 radical (unpaired) electrons. The fourth-order valence-electron chi connectivity index (χ4n) is 4.05. The number of hydrogen-bond acceptors (Lipinski definition) is 6. The molecule has 0 unspecified atom stereocenters. The Labute approximate surface area is 193 Å². The van der Waals surface area contributed by atoms with E-state index in [0.29, 0.717) is 48.3 Å². The van der Waals surface area contributed by atoms with Gasteiger partial charge in [0.1, 0.15) is 17.1 Å². The largest absolute Gasteiger partial charge is 0.497 e. The van der Waals surface area contributed by atoms with Crippen LogP contribution in [0.3, 0.4) is 0 Å². The molecule has 1 amide bonds. The molecular formula is C24H21FN4O3S. The number of rotatable bonds is 4. The van der Waals surface area contributed by atoms with Crippen LogP contribution in [0.4, 0.5) is 10.1 Å². The number of piperazine rings is 1. The van der Waals surface area contributed by atoms with Crippen LogP contribution in [-0.4, -0.2) is 53.5 Å². The molecule has 0 bridgehead atoms. The van der Waals surface area contributed by atoms with Crippen molar-refractivity contribution in [2.75, 3.05) is 38.2 Å². The number of anilines is 1. The number of thiazole rings is 1. The average molecular weight is 465 g/mol. The Kier molecular flexibility index (Phi) is 5.55. The number of methoxy groups -OCH3 is 1. The molecule has 0 N–H and O–H groups in total. The number of aromatic nitrogens is 2. The molecule has 3 heterocycles. The molecule has 0 atom stereocenters. The van der Waals surface area contributed by atoms with Crippen molar-refractivity contribution in [1.29, 1.82) is 0 Å². The number of nitrogens with zero attached hydrogens (tertiary/aromatic N) is 4. The van der Waals surface area contributed by atoms with E-state index in [1.807, 2.05) is 34.5 Å². The minimum absolute atomic E-state index is 0.0226. The van der Waals surface area contributed by atoms with Gasteiger partial charge in [-0.15, -0.1) is 11.3 Å². The summed E-state index contributed by atoms with van der Waals surface area (Å²) in [7, 11) is 1.58. The predicted molar refractivity (Wildman–Crippen MR) is 126 cm³/mol. The first kappa shape index (κ1) is 21.1. The third-order valence-electron chi connectivity index (χ3n) is 5.80. The normalized spacial score (nSPS) is 14.0. The second-order valence-electron chi connectivity index (χ2n) is 7.68. The van der Waals surface area contributed by atoms with E-state index in [2.05, 4.69) is 4.98 Å². The van der Waals surface area contributed by atoms with Gasteiger partial charge in [0.15, 0.2) is 4.96 Å². The molecule has 7 nitrogen and oxygen atoms in total. The number of carbonyl (C=O) groups is 1. The summed E-state index contributed by atoms with van der Waals surface area (Å²) >= 11 is 1.34. The number of amides is 1. The first-order valence-corrected chi connectivity index (χ1v) is 11.4. The van der Waals surface area contributed by atoms with Crippen molar-refractivity contribution in [1.82, 2.24) is 14.3 Å². The highest BCUT2D eigenvalue weighted by molar-refractivity contribution is 7.15. The van der Waals surface area contributed by atoms with Crippen LogP contribution in [0.25, 0.3) is 16.2 Å². The molecule has 168 valence electrons. The van der Waals surface area contributed by atoms with E-state index in [0.717, 1.165) is 5.56 Å². The fourth-order valence-corrected chi connectivity index (χ4v) is 4.91. The molecule has 1 aliphatic rings. The molecule has 4 aromatic rings. The highest BCUT2D eigenvalue weighted by Crippen LogP contribution is 2.27. The standard InChI is InChI=1S/C24H21FN4O3S/c1-32-17-6-4-5-16(13-17)21-15-33-24-26-14-18(23(31)29(21)24)22(30)28-11-9-27(10-12-28)20-8-3-2-7-19(20)25/h2-8,13-15H,9-12H2,1H3. The van der Waals surface area contributed by atoms with Crippen LogP contribution >= 0.6 is 11.3 Å². The van der Waals surface area contributed by atoms with Gasteiger partial charge in [-0.2, -0.15) is 0 Å². The lowest BCUT2D eigenvalue weighted by Crippen LogP contribution is -2.50. The molecule has 0 aliphatic carbocycles. The van der Waals surface area contributed by atoms with Gasteiger partial charge in [0.25, 0.3) is 11.5 Å². The molecule has 33 heavy (non-hydrogen) atoms. The van der Waals surface area contributed by atoms with Gasteiger partial charge in [-0.05, 0) is 24.3 Å². The minimum Gasteiger partial charge on any atom is -0.497 e. The van der Waals surface area contributed by atoms with Crippen LogP contribution in [-0.2, 0) is 0 Å². The number of hydrogen-bond donors (Lipinski definition) is 0. The SMILES string of the molecule is COc1cccc(-c2csc3ncc(C(=O)N4CCN(c5ccccc5F)CC4)c(=O)n23)c1. The van der Waals surface area contributed by atoms with E-state index in [1.165, 1.54) is 28.0 Å². The van der Waals surface area contributed by atoms with Crippen LogP contribution in [0.15, 0.2) is 64.9 Å². The zero-order valence-electron chi connectivity index (χ0n) is 17.9. The maximum absolute atomic E-state index is 14.1. The summed E-state index contributed by atoms with van der Waals surface area (Å²) in [6.45, 7) is 1.75. The van der Waals surface area contributed by atoms with Gasteiger partial charge in [-0.1, -0.05) is 24.3 Å². The molecule has 1 aliphatic heterocycles. The summed E-state index contributed by atoms with van der Waals surface area (Å²) in [4.78, 5) is 35.0. The van der Waals surface area contributed by atoms with Gasteiger partial charge in [-0.3, -0.25) is 14.0 Å². The summed E-state index contributed by atoms with van der Waals surface area (Å²) in [6.07, 6.45) is 1.36. The Morgan fingerprint density at radius 1 is 1.09 bits per heavy atom. The van der Waals surface area contributed by atoms with Crippen LogP contribution in [0.2, 0.25) is 0 Å². The Hall–Kier alpha value is -3.72. The molecule has 1 saturated heterocycles. The van der Waals surface area contributed by atoms with Gasteiger partial charge in [0.05, 0.1) is 18.5 Å². The van der Waals surface area contributed by atoms with Gasteiger partial charge in [0.2, 0.25) is 0 Å². The number of fused-ring (bicyclic) bond motifs is 1. The van der Waals surface area contributed by atoms with Crippen molar-refractivity contribution < 1.29 is 13.9 Å². The molecule has 1 fully saturated rings. The van der Waals surface area contributed by atoms with Crippen molar-refractivity contribution in [3.05, 3.63) is 81.8 Å². The minimum atomic E-state index is -0.402. The molecule has 9 heteroatoms. The Balaban J connectivity index is 1.42. The second kappa shape index (κ2) is 8.67. The van der Waals surface area contributed by atoms with Crippen molar-refractivity contribution in [3.63, 3.8) is 0 Å². The van der Waals surface area contributed by atoms with Gasteiger partial charge < -0.3 is 14.5 Å². The molecule has 2 aromatic heterocycles. The molecule has 2 aromatic carbocycles. The zero-order chi connectivity index (χ0) is 22.9. The van der Waals surface area contributed by atoms with Crippen LogP contribution in [0, 0.1) is 5.82 Å². The smallest absolute Gasteiger partial charge is 0.271 e. The molecule has 0 spiro atoms. The van der Waals surface area contributed by atoms with Crippen molar-refractivity contribution in [2.24, 2.45) is 0 Å². The molecule has 5 rings (SSSR count). The first-order valence-electron chi connectivity index (χ1n) is 10.5. The van der Waals surface area contributed by atoms with Gasteiger partial charge >= 0.3 is 0 Å². The Morgan fingerprint density at radius 3 is 2.64 bits per heavy atom. The van der Waals surface area contributed by atoms with Crippen molar-refractivity contribution >= 4 is 27.9 Å². The summed E-state index contributed by atoms with van der Waals surface area (Å²) in [6, 6.07) is 14.0. The van der Waals surface area contributed by atoms with E-state index in [-0.39, 0.29) is 17.3 Å². The third kappa shape index (κ3) is 3.84. The van der Waals surface area contributed by atoms with Gasteiger partial charge in [0, 0.05) is 43.3 Å². The Morgan fingerprint density at radius 2 is 1.88 bits per heavy atom. The summed E-state index contributed by atoms with van der Waals surface area (Å²) in [5.41, 5.74) is 1.60. The quantitative estimate of drug-likeness (QED) is 0.462. The zero-order valence-corrected chi connectivity index (χ0v) is 18.7. The Bertz CT molecular complexity index is 1390. The van der Waals surface area contributed by atoms with Crippen LogP contribution in [0.5, 0.6) is 5.75 Å². The second-order valence-corrected chi connectivity index (χ2v) is 8.52. The maximum atomic E-state index is 14.1. The van der Waals surface area contributed by atoms with E-state index in [1.54, 1.807) is 30.2 Å². The van der Waals surface area contributed by atoms with Gasteiger partial charge in [-0.25, -0.2) is 9.37 Å². The lowest BCUT2D eigenvalue weighted by Gasteiger charge is -2.36. The monoisotopic (exact) mass is 464 g/mol.